The van der Waals surface area contributed by atoms with Crippen LogP contribution in [0.1, 0.15) is 43.9 Å². The summed E-state index contributed by atoms with van der Waals surface area (Å²) in [5.74, 6) is 0.393. The molecule has 3 N–H and O–H groups in total. The van der Waals surface area contributed by atoms with Crippen LogP contribution in [0.25, 0.3) is 0 Å². The number of aryl methyl sites for hydroxylation is 3. The van der Waals surface area contributed by atoms with Gasteiger partial charge in [-0.05, 0) is 44.2 Å². The Hall–Kier alpha value is -1.35. The number of rotatable bonds is 6. The first-order valence-electron chi connectivity index (χ1n) is 7.35. The van der Waals surface area contributed by atoms with E-state index in [0.717, 1.165) is 6.42 Å². The zero-order chi connectivity index (χ0) is 15.3. The van der Waals surface area contributed by atoms with Crippen LogP contribution < -0.4 is 11.1 Å². The zero-order valence-electron chi connectivity index (χ0n) is 13.4. The highest BCUT2D eigenvalue weighted by Gasteiger charge is 2.28. The molecule has 1 aromatic rings. The minimum atomic E-state index is -0.320. The molecule has 0 bridgehead atoms. The Bertz CT molecular complexity index is 468. The van der Waals surface area contributed by atoms with E-state index in [-0.39, 0.29) is 11.4 Å². The van der Waals surface area contributed by atoms with Gasteiger partial charge < -0.3 is 11.1 Å². The summed E-state index contributed by atoms with van der Waals surface area (Å²) >= 11 is 0. The SMILES string of the molecule is Cc1ccc(CCC(=O)NC(C)(CN)C(C)C)c(C)c1. The molecule has 0 saturated heterocycles. The molecule has 0 saturated carbocycles. The number of nitrogens with one attached hydrogen (secondary N) is 1. The summed E-state index contributed by atoms with van der Waals surface area (Å²) in [4.78, 5) is 12.1. The molecule has 0 radical (unpaired) electrons. The van der Waals surface area contributed by atoms with Crippen LogP contribution in [0.3, 0.4) is 0 Å². The van der Waals surface area contributed by atoms with Crippen molar-refractivity contribution in [1.82, 2.24) is 5.32 Å². The quantitative estimate of drug-likeness (QED) is 0.839. The average molecular weight is 276 g/mol. The Morgan fingerprint density at radius 3 is 2.50 bits per heavy atom. The predicted octanol–water partition coefficient (Wildman–Crippen LogP) is 2.73. The first-order chi connectivity index (χ1) is 9.28. The first-order valence-corrected chi connectivity index (χ1v) is 7.35. The van der Waals surface area contributed by atoms with Crippen molar-refractivity contribution in [1.29, 1.82) is 0 Å². The molecule has 1 rings (SSSR count). The summed E-state index contributed by atoms with van der Waals surface area (Å²) in [5.41, 5.74) is 9.22. The molecule has 1 amide bonds. The van der Waals surface area contributed by atoms with Gasteiger partial charge in [0.05, 0.1) is 5.54 Å². The van der Waals surface area contributed by atoms with Crippen molar-refractivity contribution in [2.24, 2.45) is 11.7 Å². The van der Waals surface area contributed by atoms with Gasteiger partial charge in [-0.25, -0.2) is 0 Å². The van der Waals surface area contributed by atoms with Gasteiger partial charge in [0, 0.05) is 13.0 Å². The van der Waals surface area contributed by atoms with Crippen LogP contribution in [0.5, 0.6) is 0 Å². The average Bonchev–Trinajstić information content (AvgIpc) is 2.37. The Labute approximate surface area is 122 Å². The summed E-state index contributed by atoms with van der Waals surface area (Å²) in [6, 6.07) is 6.37. The van der Waals surface area contributed by atoms with Gasteiger partial charge in [-0.3, -0.25) is 4.79 Å². The summed E-state index contributed by atoms with van der Waals surface area (Å²) in [6.45, 7) is 10.8. The standard InChI is InChI=1S/C17H28N2O/c1-12(2)17(5,11-18)19-16(20)9-8-15-7-6-13(3)10-14(15)4/h6-7,10,12H,8-9,11,18H2,1-5H3,(H,19,20). The molecule has 0 aliphatic heterocycles. The van der Waals surface area contributed by atoms with Crippen molar-refractivity contribution < 1.29 is 4.79 Å². The van der Waals surface area contributed by atoms with Gasteiger partial charge in [0.1, 0.15) is 0 Å². The first kappa shape index (κ1) is 16.7. The van der Waals surface area contributed by atoms with E-state index in [4.69, 9.17) is 5.73 Å². The number of carbonyl (C=O) groups is 1. The molecular formula is C17H28N2O. The van der Waals surface area contributed by atoms with E-state index in [1.54, 1.807) is 0 Å². The Balaban J connectivity index is 2.59. The van der Waals surface area contributed by atoms with Crippen LogP contribution >= 0.6 is 0 Å². The van der Waals surface area contributed by atoms with Crippen molar-refractivity contribution in [2.75, 3.05) is 6.54 Å². The van der Waals surface area contributed by atoms with Gasteiger partial charge in [0.15, 0.2) is 0 Å². The third-order valence-electron chi connectivity index (χ3n) is 4.24. The van der Waals surface area contributed by atoms with Crippen molar-refractivity contribution in [2.45, 2.75) is 53.0 Å². The molecule has 20 heavy (non-hydrogen) atoms. The second kappa shape index (κ2) is 6.89. The normalized spacial score (nSPS) is 14.2. The number of benzene rings is 1. The third-order valence-corrected chi connectivity index (χ3v) is 4.24. The van der Waals surface area contributed by atoms with Gasteiger partial charge in [-0.15, -0.1) is 0 Å². The van der Waals surface area contributed by atoms with Gasteiger partial charge in [0.25, 0.3) is 0 Å². The van der Waals surface area contributed by atoms with Gasteiger partial charge in [-0.2, -0.15) is 0 Å². The van der Waals surface area contributed by atoms with Crippen molar-refractivity contribution in [3.8, 4) is 0 Å². The van der Waals surface area contributed by atoms with E-state index < -0.39 is 0 Å². The van der Waals surface area contributed by atoms with Crippen LogP contribution in [-0.2, 0) is 11.2 Å². The maximum atomic E-state index is 12.1. The molecule has 0 aliphatic carbocycles. The molecule has 112 valence electrons. The van der Waals surface area contributed by atoms with E-state index in [2.05, 4.69) is 51.2 Å². The van der Waals surface area contributed by atoms with E-state index in [9.17, 15) is 4.79 Å². The Kier molecular flexibility index (Phi) is 5.75. The Morgan fingerprint density at radius 2 is 2.00 bits per heavy atom. The molecule has 0 fully saturated rings. The number of hydrogen-bond donors (Lipinski definition) is 2. The summed E-state index contributed by atoms with van der Waals surface area (Å²) in [7, 11) is 0. The maximum absolute atomic E-state index is 12.1. The van der Waals surface area contributed by atoms with Gasteiger partial charge >= 0.3 is 0 Å². The fourth-order valence-electron chi connectivity index (χ4n) is 2.19. The lowest BCUT2D eigenvalue weighted by atomic mass is 9.88. The monoisotopic (exact) mass is 276 g/mol. The van der Waals surface area contributed by atoms with Crippen LogP contribution in [-0.4, -0.2) is 18.0 Å². The fourth-order valence-corrected chi connectivity index (χ4v) is 2.19. The smallest absolute Gasteiger partial charge is 0.220 e. The molecule has 3 nitrogen and oxygen atoms in total. The summed E-state index contributed by atoms with van der Waals surface area (Å²) < 4.78 is 0. The molecule has 1 unspecified atom stereocenters. The van der Waals surface area contributed by atoms with Gasteiger partial charge in [0.2, 0.25) is 5.91 Å². The molecule has 0 spiro atoms. The highest BCUT2D eigenvalue weighted by molar-refractivity contribution is 5.77. The van der Waals surface area contributed by atoms with E-state index in [0.29, 0.717) is 18.9 Å². The fraction of sp³-hybridized carbons (Fsp3) is 0.588. The topological polar surface area (TPSA) is 55.1 Å². The molecular weight excluding hydrogens is 248 g/mol. The maximum Gasteiger partial charge on any atom is 0.220 e. The van der Waals surface area contributed by atoms with E-state index in [1.165, 1.54) is 16.7 Å². The third kappa shape index (κ3) is 4.34. The number of hydrogen-bond acceptors (Lipinski definition) is 2. The van der Waals surface area contributed by atoms with Crippen molar-refractivity contribution >= 4 is 5.91 Å². The lowest BCUT2D eigenvalue weighted by Crippen LogP contribution is -2.55. The molecule has 1 atom stereocenters. The van der Waals surface area contributed by atoms with E-state index in [1.807, 2.05) is 6.92 Å². The lowest BCUT2D eigenvalue weighted by molar-refractivity contribution is -0.123. The largest absolute Gasteiger partial charge is 0.349 e. The minimum Gasteiger partial charge on any atom is -0.349 e. The number of nitrogens with two attached hydrogens (primary N) is 1. The molecule has 3 heteroatoms. The lowest BCUT2D eigenvalue weighted by Gasteiger charge is -2.33. The second-order valence-electron chi connectivity index (χ2n) is 6.25. The second-order valence-corrected chi connectivity index (χ2v) is 6.25. The van der Waals surface area contributed by atoms with Crippen LogP contribution in [0.15, 0.2) is 18.2 Å². The van der Waals surface area contributed by atoms with Gasteiger partial charge in [-0.1, -0.05) is 37.6 Å². The molecule has 0 aromatic heterocycles. The highest BCUT2D eigenvalue weighted by Crippen LogP contribution is 2.16. The van der Waals surface area contributed by atoms with Crippen molar-refractivity contribution in [3.05, 3.63) is 34.9 Å². The Morgan fingerprint density at radius 1 is 1.35 bits per heavy atom. The predicted molar refractivity (Wildman–Crippen MR) is 84.7 cm³/mol. The summed E-state index contributed by atoms with van der Waals surface area (Å²) in [6.07, 6.45) is 1.28. The van der Waals surface area contributed by atoms with Crippen LogP contribution in [0.2, 0.25) is 0 Å². The molecule has 0 heterocycles. The van der Waals surface area contributed by atoms with Crippen LogP contribution in [0, 0.1) is 19.8 Å². The minimum absolute atomic E-state index is 0.0756. The molecule has 0 aliphatic rings. The van der Waals surface area contributed by atoms with Crippen molar-refractivity contribution in [3.63, 3.8) is 0 Å². The highest BCUT2D eigenvalue weighted by atomic mass is 16.1. The summed E-state index contributed by atoms with van der Waals surface area (Å²) in [5, 5.41) is 3.08. The number of amides is 1. The molecule has 1 aromatic carbocycles. The zero-order valence-corrected chi connectivity index (χ0v) is 13.4. The van der Waals surface area contributed by atoms with Crippen LogP contribution in [0.4, 0.5) is 0 Å². The number of carbonyl (C=O) groups excluding carboxylic acids is 1. The van der Waals surface area contributed by atoms with E-state index >= 15 is 0 Å².